The third-order valence-electron chi connectivity index (χ3n) is 1.45. The van der Waals surface area contributed by atoms with E-state index < -0.39 is 10.0 Å². The summed E-state index contributed by atoms with van der Waals surface area (Å²) in [6, 6.07) is 0. The number of rotatable bonds is 1. The Morgan fingerprint density at radius 1 is 1.50 bits per heavy atom. The van der Waals surface area contributed by atoms with Crippen LogP contribution in [-0.4, -0.2) is 14.2 Å². The average Bonchev–Trinajstić information content (AvgIpc) is 2.37. The van der Waals surface area contributed by atoms with Crippen LogP contribution < -0.4 is 5.14 Å². The molecular weight excluding hydrogens is 198 g/mol. The van der Waals surface area contributed by atoms with Gasteiger partial charge in [0.15, 0.2) is 0 Å². The van der Waals surface area contributed by atoms with Gasteiger partial charge in [0.2, 0.25) is 5.03 Å². The lowest BCUT2D eigenvalue weighted by atomic mass is 10.4. The van der Waals surface area contributed by atoms with Crippen LogP contribution in [0.25, 0.3) is 0 Å². The Bertz CT molecular complexity index is 418. The van der Waals surface area contributed by atoms with Gasteiger partial charge < -0.3 is 0 Å². The molecule has 0 amide bonds. The molecule has 2 aliphatic rings. The lowest BCUT2D eigenvalue weighted by molar-refractivity contribution is 0.603. The first-order valence-corrected chi connectivity index (χ1v) is 5.64. The Morgan fingerprint density at radius 3 is 2.92 bits per heavy atom. The lowest BCUT2D eigenvalue weighted by Gasteiger charge is -1.94. The van der Waals surface area contributed by atoms with Crippen LogP contribution >= 0.6 is 11.8 Å². The molecule has 2 heterocycles. The molecule has 64 valence electrons. The number of hydrogen-bond acceptors (Lipinski definition) is 5. The first kappa shape index (κ1) is 7.96. The van der Waals surface area contributed by atoms with Crippen LogP contribution in [0, 0.1) is 0 Å². The van der Waals surface area contributed by atoms with Gasteiger partial charge in [-0.15, -0.1) is 22.0 Å². The van der Waals surface area contributed by atoms with Gasteiger partial charge in [0.25, 0.3) is 10.0 Å². The van der Waals surface area contributed by atoms with E-state index in [1.54, 1.807) is 0 Å². The fourth-order valence-corrected chi connectivity index (χ4v) is 2.85. The standard InChI is InChI=1S/C5H5N3O2S2/c6-12(9,10)5-4-3(7-8-5)1-2-11-4/h1H,2H2,(H2,6,9,10). The highest BCUT2D eigenvalue weighted by molar-refractivity contribution is 8.05. The van der Waals surface area contributed by atoms with E-state index in [0.29, 0.717) is 10.6 Å². The molecule has 2 rings (SSSR count). The molecule has 0 saturated carbocycles. The third-order valence-corrected chi connectivity index (χ3v) is 3.43. The summed E-state index contributed by atoms with van der Waals surface area (Å²) < 4.78 is 21.8. The second kappa shape index (κ2) is 2.41. The van der Waals surface area contributed by atoms with Crippen molar-refractivity contribution < 1.29 is 8.42 Å². The van der Waals surface area contributed by atoms with Crippen molar-refractivity contribution in [3.05, 3.63) is 21.7 Å². The summed E-state index contributed by atoms with van der Waals surface area (Å²) in [4.78, 5) is 0.581. The molecule has 5 nitrogen and oxygen atoms in total. The number of thioether (sulfide) groups is 1. The maximum absolute atomic E-state index is 10.9. The Balaban J connectivity index is 2.60. The minimum Gasteiger partial charge on any atom is -0.223 e. The highest BCUT2D eigenvalue weighted by Gasteiger charge is 2.28. The molecule has 0 saturated heterocycles. The first-order valence-electron chi connectivity index (χ1n) is 3.11. The van der Waals surface area contributed by atoms with Gasteiger partial charge in [-0.2, -0.15) is 0 Å². The van der Waals surface area contributed by atoms with Crippen LogP contribution in [0.4, 0.5) is 0 Å². The van der Waals surface area contributed by atoms with Crippen molar-refractivity contribution in [1.29, 1.82) is 0 Å². The molecule has 2 aliphatic heterocycles. The largest absolute Gasteiger partial charge is 0.258 e. The summed E-state index contributed by atoms with van der Waals surface area (Å²) in [7, 11) is -3.70. The molecule has 0 bridgehead atoms. The van der Waals surface area contributed by atoms with E-state index >= 15 is 0 Å². The molecule has 0 fully saturated rings. The lowest BCUT2D eigenvalue weighted by Crippen LogP contribution is -2.13. The summed E-state index contributed by atoms with van der Waals surface area (Å²) in [5, 5.41) is 12.0. The number of nitrogens with zero attached hydrogens (tertiary/aromatic N) is 2. The van der Waals surface area contributed by atoms with E-state index in [9.17, 15) is 8.42 Å². The molecular formula is C5H5N3O2S2. The molecule has 0 aromatic carbocycles. The number of hydrogen-bond donors (Lipinski definition) is 1. The molecule has 0 unspecified atom stereocenters. The number of primary sulfonamides is 1. The molecule has 0 aliphatic carbocycles. The number of sulfonamides is 1. The maximum atomic E-state index is 10.9. The van der Waals surface area contributed by atoms with Crippen LogP contribution in [0.5, 0.6) is 0 Å². The van der Waals surface area contributed by atoms with Crippen LogP contribution in [0.2, 0.25) is 0 Å². The van der Waals surface area contributed by atoms with Gasteiger partial charge in [0.1, 0.15) is 0 Å². The Morgan fingerprint density at radius 2 is 2.25 bits per heavy atom. The van der Waals surface area contributed by atoms with Crippen molar-refractivity contribution in [2.24, 2.45) is 15.4 Å². The Hall–Kier alpha value is -0.660. The van der Waals surface area contributed by atoms with Gasteiger partial charge >= 0.3 is 0 Å². The fourth-order valence-electron chi connectivity index (χ4n) is 0.959. The topological polar surface area (TPSA) is 84.9 Å². The summed E-state index contributed by atoms with van der Waals surface area (Å²) in [6.07, 6.45) is 1.82. The molecule has 2 N–H and O–H groups in total. The van der Waals surface area contributed by atoms with Crippen molar-refractivity contribution in [3.63, 3.8) is 0 Å². The van der Waals surface area contributed by atoms with Crippen LogP contribution in [0.3, 0.4) is 0 Å². The van der Waals surface area contributed by atoms with Gasteiger partial charge in [-0.25, -0.2) is 13.6 Å². The fraction of sp³-hybridized carbons (Fsp3) is 0.200. The monoisotopic (exact) mass is 203 g/mol. The first-order chi connectivity index (χ1) is 5.59. The summed E-state index contributed by atoms with van der Waals surface area (Å²) >= 11 is 1.39. The maximum Gasteiger partial charge on any atom is 0.258 e. The molecule has 0 spiro atoms. The van der Waals surface area contributed by atoms with Crippen LogP contribution in [0.15, 0.2) is 31.9 Å². The summed E-state index contributed by atoms with van der Waals surface area (Å²) in [5.74, 6) is 0.739. The normalized spacial score (nSPS) is 21.6. The Kier molecular flexibility index (Phi) is 1.60. The number of fused-ring (bicyclic) bond motifs is 1. The van der Waals surface area contributed by atoms with E-state index in [2.05, 4.69) is 10.2 Å². The predicted molar refractivity (Wildman–Crippen MR) is 45.5 cm³/mol. The molecule has 0 atom stereocenters. The van der Waals surface area contributed by atoms with Crippen molar-refractivity contribution in [3.8, 4) is 0 Å². The molecule has 0 aromatic rings. The van der Waals surface area contributed by atoms with E-state index in [4.69, 9.17) is 5.14 Å². The zero-order valence-electron chi connectivity index (χ0n) is 5.89. The van der Waals surface area contributed by atoms with Gasteiger partial charge in [0, 0.05) is 5.75 Å². The smallest absolute Gasteiger partial charge is 0.223 e. The van der Waals surface area contributed by atoms with Crippen molar-refractivity contribution in [2.75, 3.05) is 5.75 Å². The van der Waals surface area contributed by atoms with Crippen molar-refractivity contribution in [1.82, 2.24) is 0 Å². The van der Waals surface area contributed by atoms with Crippen molar-refractivity contribution >= 4 is 21.8 Å². The van der Waals surface area contributed by atoms with Gasteiger partial charge in [-0.05, 0) is 6.08 Å². The average molecular weight is 203 g/mol. The zero-order chi connectivity index (χ0) is 8.77. The minimum atomic E-state index is -3.70. The predicted octanol–water partition coefficient (Wildman–Crippen LogP) is 0.541. The summed E-state index contributed by atoms with van der Waals surface area (Å²) in [5.41, 5.74) is 0.629. The van der Waals surface area contributed by atoms with Crippen LogP contribution in [-0.2, 0) is 10.0 Å². The van der Waals surface area contributed by atoms with Crippen LogP contribution in [0.1, 0.15) is 0 Å². The summed E-state index contributed by atoms with van der Waals surface area (Å²) in [6.45, 7) is 0. The van der Waals surface area contributed by atoms with E-state index in [1.165, 1.54) is 11.8 Å². The van der Waals surface area contributed by atoms with Gasteiger partial charge in [-0.3, -0.25) is 0 Å². The molecule has 12 heavy (non-hydrogen) atoms. The highest BCUT2D eigenvalue weighted by atomic mass is 32.2. The molecule has 7 heteroatoms. The quantitative estimate of drug-likeness (QED) is 0.675. The number of nitrogens with two attached hydrogens (primary N) is 1. The second-order valence-electron chi connectivity index (χ2n) is 2.28. The van der Waals surface area contributed by atoms with Gasteiger partial charge in [0.05, 0.1) is 10.6 Å². The molecule has 0 radical (unpaired) electrons. The Labute approximate surface area is 73.5 Å². The molecule has 0 aromatic heterocycles. The van der Waals surface area contributed by atoms with E-state index in [-0.39, 0.29) is 5.03 Å². The van der Waals surface area contributed by atoms with Crippen molar-refractivity contribution in [2.45, 2.75) is 0 Å². The zero-order valence-corrected chi connectivity index (χ0v) is 7.52. The SMILES string of the molecule is NS(=O)(=O)C1=C2SCC=C2N=N1. The third kappa shape index (κ3) is 1.10. The highest BCUT2D eigenvalue weighted by Crippen LogP contribution is 2.40. The van der Waals surface area contributed by atoms with E-state index in [1.807, 2.05) is 6.08 Å². The number of azo groups is 1. The second-order valence-corrected chi connectivity index (χ2v) is 4.79. The minimum absolute atomic E-state index is 0.101. The van der Waals surface area contributed by atoms with E-state index in [0.717, 1.165) is 5.75 Å². The van der Waals surface area contributed by atoms with Gasteiger partial charge in [-0.1, -0.05) is 0 Å².